The Morgan fingerprint density at radius 2 is 1.86 bits per heavy atom. The molecular formula is C22H34N2O4S. The normalized spacial score (nSPS) is 21.9. The standard InChI is InChI=1S/C22H34N2O4S/c1-16(2)17-11-12-20(28-3)21(14-17)29(26,27)24-13-7-8-18(15-24)22(25)23-19-9-5-4-6-10-19/h11-12,14,16,18-19H,4-10,13,15H2,1-3H3,(H,23,25)/t18-/m1/s1. The smallest absolute Gasteiger partial charge is 0.246 e. The van der Waals surface area contributed by atoms with Crippen molar-refractivity contribution in [3.05, 3.63) is 23.8 Å². The predicted molar refractivity (Wildman–Crippen MR) is 114 cm³/mol. The van der Waals surface area contributed by atoms with E-state index in [1.807, 2.05) is 19.9 Å². The topological polar surface area (TPSA) is 75.7 Å². The molecule has 1 aliphatic heterocycles. The number of carbonyl (C=O) groups excluding carboxylic acids is 1. The van der Waals surface area contributed by atoms with Crippen molar-refractivity contribution < 1.29 is 17.9 Å². The predicted octanol–water partition coefficient (Wildman–Crippen LogP) is 3.67. The first-order valence-corrected chi connectivity index (χ1v) is 12.3. The molecule has 6 nitrogen and oxygen atoms in total. The van der Waals surface area contributed by atoms with Gasteiger partial charge in [-0.2, -0.15) is 4.31 Å². The van der Waals surface area contributed by atoms with Crippen LogP contribution in [0.15, 0.2) is 23.1 Å². The van der Waals surface area contributed by atoms with E-state index in [-0.39, 0.29) is 35.2 Å². The molecule has 1 aromatic carbocycles. The average molecular weight is 423 g/mol. The molecule has 0 aromatic heterocycles. The molecule has 0 spiro atoms. The van der Waals surface area contributed by atoms with Gasteiger partial charge in [0.1, 0.15) is 10.6 Å². The number of piperidine rings is 1. The van der Waals surface area contributed by atoms with E-state index >= 15 is 0 Å². The second kappa shape index (κ2) is 9.47. The molecule has 1 aliphatic carbocycles. The van der Waals surface area contributed by atoms with Gasteiger partial charge < -0.3 is 10.1 Å². The second-order valence-corrected chi connectivity index (χ2v) is 10.5. The molecular weight excluding hydrogens is 388 g/mol. The van der Waals surface area contributed by atoms with Crippen molar-refractivity contribution in [1.82, 2.24) is 9.62 Å². The lowest BCUT2D eigenvalue weighted by Crippen LogP contribution is -2.47. The van der Waals surface area contributed by atoms with Gasteiger partial charge in [-0.3, -0.25) is 4.79 Å². The lowest BCUT2D eigenvalue weighted by molar-refractivity contribution is -0.127. The number of rotatable bonds is 6. The number of sulfonamides is 1. The van der Waals surface area contributed by atoms with E-state index in [9.17, 15) is 13.2 Å². The van der Waals surface area contributed by atoms with Gasteiger partial charge in [0.2, 0.25) is 15.9 Å². The van der Waals surface area contributed by atoms with Crippen molar-refractivity contribution in [2.24, 2.45) is 5.92 Å². The molecule has 1 N–H and O–H groups in total. The minimum atomic E-state index is -3.73. The summed E-state index contributed by atoms with van der Waals surface area (Å²) in [5, 5.41) is 3.16. The summed E-state index contributed by atoms with van der Waals surface area (Å²) in [5.41, 5.74) is 0.952. The lowest BCUT2D eigenvalue weighted by Gasteiger charge is -2.33. The summed E-state index contributed by atoms with van der Waals surface area (Å²) in [6.07, 6.45) is 7.02. The van der Waals surface area contributed by atoms with Crippen molar-refractivity contribution in [2.45, 2.75) is 75.6 Å². The molecule has 7 heteroatoms. The molecule has 1 heterocycles. The Balaban J connectivity index is 1.77. The highest BCUT2D eigenvalue weighted by Crippen LogP contribution is 2.32. The first-order chi connectivity index (χ1) is 13.8. The summed E-state index contributed by atoms with van der Waals surface area (Å²) < 4.78 is 33.6. The van der Waals surface area contributed by atoms with Crippen LogP contribution in [0.2, 0.25) is 0 Å². The van der Waals surface area contributed by atoms with Crippen LogP contribution >= 0.6 is 0 Å². The van der Waals surface area contributed by atoms with Gasteiger partial charge in [0, 0.05) is 19.1 Å². The van der Waals surface area contributed by atoms with E-state index in [0.717, 1.165) is 37.7 Å². The fraction of sp³-hybridized carbons (Fsp3) is 0.682. The Bertz CT molecular complexity index is 816. The Morgan fingerprint density at radius 3 is 2.52 bits per heavy atom. The molecule has 2 fully saturated rings. The van der Waals surface area contributed by atoms with E-state index in [1.165, 1.54) is 17.8 Å². The van der Waals surface area contributed by atoms with E-state index in [1.54, 1.807) is 12.1 Å². The number of amides is 1. The van der Waals surface area contributed by atoms with Crippen LogP contribution in [-0.2, 0) is 14.8 Å². The third-order valence-electron chi connectivity index (χ3n) is 6.18. The molecule has 1 aromatic rings. The Labute approximate surface area is 175 Å². The van der Waals surface area contributed by atoms with Gasteiger partial charge in [-0.15, -0.1) is 0 Å². The maximum Gasteiger partial charge on any atom is 0.246 e. The summed E-state index contributed by atoms with van der Waals surface area (Å²) in [4.78, 5) is 13.0. The van der Waals surface area contributed by atoms with E-state index < -0.39 is 10.0 Å². The number of hydrogen-bond acceptors (Lipinski definition) is 4. The van der Waals surface area contributed by atoms with Gasteiger partial charge in [-0.25, -0.2) is 8.42 Å². The van der Waals surface area contributed by atoms with Crippen LogP contribution in [0, 0.1) is 5.92 Å². The van der Waals surface area contributed by atoms with Gasteiger partial charge in [0.15, 0.2) is 0 Å². The van der Waals surface area contributed by atoms with Crippen molar-refractivity contribution in [3.63, 3.8) is 0 Å². The van der Waals surface area contributed by atoms with Gasteiger partial charge in [-0.1, -0.05) is 39.2 Å². The van der Waals surface area contributed by atoms with Crippen LogP contribution < -0.4 is 10.1 Å². The van der Waals surface area contributed by atoms with E-state index in [0.29, 0.717) is 18.7 Å². The molecule has 0 bridgehead atoms. The van der Waals surface area contributed by atoms with Crippen LogP contribution in [-0.4, -0.2) is 44.9 Å². The summed E-state index contributed by atoms with van der Waals surface area (Å²) in [5.74, 6) is 0.271. The molecule has 162 valence electrons. The number of nitrogens with one attached hydrogen (secondary N) is 1. The number of hydrogen-bond donors (Lipinski definition) is 1. The zero-order chi connectivity index (χ0) is 21.0. The molecule has 1 saturated carbocycles. The van der Waals surface area contributed by atoms with Crippen LogP contribution in [0.1, 0.15) is 70.3 Å². The molecule has 3 rings (SSSR count). The van der Waals surface area contributed by atoms with Gasteiger partial charge in [0.05, 0.1) is 13.0 Å². The van der Waals surface area contributed by atoms with Crippen LogP contribution in [0.5, 0.6) is 5.75 Å². The van der Waals surface area contributed by atoms with Crippen molar-refractivity contribution in [1.29, 1.82) is 0 Å². The molecule has 29 heavy (non-hydrogen) atoms. The quantitative estimate of drug-likeness (QED) is 0.759. The SMILES string of the molecule is COc1ccc(C(C)C)cc1S(=O)(=O)N1CCC[C@@H](C(=O)NC2CCCCC2)C1. The molecule has 1 saturated heterocycles. The third-order valence-corrected chi connectivity index (χ3v) is 8.06. The largest absolute Gasteiger partial charge is 0.495 e. The van der Waals surface area contributed by atoms with Gasteiger partial charge in [-0.05, 0) is 49.3 Å². The first kappa shape index (κ1) is 22.1. The average Bonchev–Trinajstić information content (AvgIpc) is 2.74. The Kier molecular flexibility index (Phi) is 7.22. The fourth-order valence-corrected chi connectivity index (χ4v) is 6.05. The summed E-state index contributed by atoms with van der Waals surface area (Å²) in [6.45, 7) is 4.73. The summed E-state index contributed by atoms with van der Waals surface area (Å²) in [7, 11) is -2.25. The molecule has 2 aliphatic rings. The Morgan fingerprint density at radius 1 is 1.14 bits per heavy atom. The molecule has 0 radical (unpaired) electrons. The fourth-order valence-electron chi connectivity index (χ4n) is 4.33. The highest BCUT2D eigenvalue weighted by Gasteiger charge is 2.35. The first-order valence-electron chi connectivity index (χ1n) is 10.8. The summed E-state index contributed by atoms with van der Waals surface area (Å²) in [6, 6.07) is 5.58. The lowest BCUT2D eigenvalue weighted by atomic mass is 9.93. The van der Waals surface area contributed by atoms with Crippen LogP contribution in [0.25, 0.3) is 0 Å². The minimum absolute atomic E-state index is 0.000281. The molecule has 1 atom stereocenters. The van der Waals surface area contributed by atoms with E-state index in [2.05, 4.69) is 5.32 Å². The number of benzene rings is 1. The highest BCUT2D eigenvalue weighted by atomic mass is 32.2. The Hall–Kier alpha value is -1.60. The highest BCUT2D eigenvalue weighted by molar-refractivity contribution is 7.89. The minimum Gasteiger partial charge on any atom is -0.495 e. The monoisotopic (exact) mass is 422 g/mol. The maximum atomic E-state index is 13.4. The number of nitrogens with zero attached hydrogens (tertiary/aromatic N) is 1. The molecule has 0 unspecified atom stereocenters. The summed E-state index contributed by atoms with van der Waals surface area (Å²) >= 11 is 0. The zero-order valence-electron chi connectivity index (χ0n) is 17.8. The number of ether oxygens (including phenoxy) is 1. The molecule has 1 amide bonds. The zero-order valence-corrected chi connectivity index (χ0v) is 18.6. The van der Waals surface area contributed by atoms with Crippen LogP contribution in [0.4, 0.5) is 0 Å². The van der Waals surface area contributed by atoms with Crippen molar-refractivity contribution >= 4 is 15.9 Å². The number of carbonyl (C=O) groups is 1. The van der Waals surface area contributed by atoms with Gasteiger partial charge in [0.25, 0.3) is 0 Å². The van der Waals surface area contributed by atoms with Crippen LogP contribution in [0.3, 0.4) is 0 Å². The van der Waals surface area contributed by atoms with Crippen molar-refractivity contribution in [2.75, 3.05) is 20.2 Å². The van der Waals surface area contributed by atoms with Gasteiger partial charge >= 0.3 is 0 Å². The van der Waals surface area contributed by atoms with Crippen molar-refractivity contribution in [3.8, 4) is 5.75 Å². The number of methoxy groups -OCH3 is 1. The van der Waals surface area contributed by atoms with E-state index in [4.69, 9.17) is 4.74 Å². The maximum absolute atomic E-state index is 13.4. The second-order valence-electron chi connectivity index (χ2n) is 8.61. The third kappa shape index (κ3) is 5.12.